The Morgan fingerprint density at radius 1 is 1.33 bits per heavy atom. The quantitative estimate of drug-likeness (QED) is 0.759. The summed E-state index contributed by atoms with van der Waals surface area (Å²) in [6.45, 7) is 10.2. The fourth-order valence-corrected chi connectivity index (χ4v) is 2.84. The van der Waals surface area contributed by atoms with E-state index in [0.717, 1.165) is 31.0 Å². The van der Waals surface area contributed by atoms with Crippen LogP contribution < -0.4 is 5.73 Å². The first-order valence-electron chi connectivity index (χ1n) is 6.55. The van der Waals surface area contributed by atoms with Gasteiger partial charge < -0.3 is 5.73 Å². The molecule has 0 aromatic carbocycles. The highest BCUT2D eigenvalue weighted by molar-refractivity contribution is 4.86. The molecule has 3 atom stereocenters. The number of hydrogen-bond donors (Lipinski definition) is 1. The molecule has 1 aliphatic heterocycles. The highest BCUT2D eigenvalue weighted by atomic mass is 15.2. The van der Waals surface area contributed by atoms with Crippen LogP contribution in [0.4, 0.5) is 0 Å². The first-order valence-corrected chi connectivity index (χ1v) is 6.55. The van der Waals surface area contributed by atoms with E-state index in [9.17, 15) is 0 Å². The molecule has 15 heavy (non-hydrogen) atoms. The third-order valence-corrected chi connectivity index (χ3v) is 3.64. The summed E-state index contributed by atoms with van der Waals surface area (Å²) in [5, 5.41) is 0. The summed E-state index contributed by atoms with van der Waals surface area (Å²) in [5.74, 6) is 0.720. The average molecular weight is 212 g/mol. The summed E-state index contributed by atoms with van der Waals surface area (Å²) in [6, 6.07) is 1.89. The van der Waals surface area contributed by atoms with Gasteiger partial charge >= 0.3 is 0 Å². The Balaban J connectivity index is 2.41. The van der Waals surface area contributed by atoms with Crippen LogP contribution in [0.3, 0.4) is 0 Å². The molecule has 1 aliphatic rings. The lowest BCUT2D eigenvalue weighted by Crippen LogP contribution is -2.43. The van der Waals surface area contributed by atoms with Crippen LogP contribution in [0.1, 0.15) is 53.4 Å². The molecule has 0 saturated carbocycles. The Morgan fingerprint density at radius 2 is 2.00 bits per heavy atom. The predicted octanol–water partition coefficient (Wildman–Crippen LogP) is 2.62. The lowest BCUT2D eigenvalue weighted by Gasteiger charge is -2.30. The molecule has 1 fully saturated rings. The minimum absolute atomic E-state index is 0.361. The highest BCUT2D eigenvalue weighted by Gasteiger charge is 2.30. The summed E-state index contributed by atoms with van der Waals surface area (Å²) in [7, 11) is 0. The standard InChI is InChI=1S/C13H28N2/c1-5-13-7-6-11(4)15(13)9-12(14)8-10(2)3/h10-13H,5-9,14H2,1-4H3. The van der Waals surface area contributed by atoms with Crippen molar-refractivity contribution in [3.05, 3.63) is 0 Å². The van der Waals surface area contributed by atoms with E-state index in [4.69, 9.17) is 5.73 Å². The van der Waals surface area contributed by atoms with Crippen molar-refractivity contribution in [3.8, 4) is 0 Å². The lowest BCUT2D eigenvalue weighted by molar-refractivity contribution is 0.180. The molecule has 1 heterocycles. The van der Waals surface area contributed by atoms with Gasteiger partial charge in [-0.25, -0.2) is 0 Å². The van der Waals surface area contributed by atoms with Crippen molar-refractivity contribution in [1.82, 2.24) is 4.90 Å². The number of rotatable bonds is 5. The molecule has 1 saturated heterocycles. The van der Waals surface area contributed by atoms with Crippen LogP contribution in [-0.2, 0) is 0 Å². The summed E-state index contributed by atoms with van der Waals surface area (Å²) in [5.41, 5.74) is 6.19. The molecule has 0 aromatic heterocycles. The predicted molar refractivity (Wildman–Crippen MR) is 66.9 cm³/mol. The van der Waals surface area contributed by atoms with Crippen LogP contribution >= 0.6 is 0 Å². The third kappa shape index (κ3) is 3.76. The van der Waals surface area contributed by atoms with Crippen molar-refractivity contribution in [2.45, 2.75) is 71.5 Å². The number of nitrogens with two attached hydrogens (primary N) is 1. The Labute approximate surface area is 95.2 Å². The molecule has 2 N–H and O–H groups in total. The van der Waals surface area contributed by atoms with Gasteiger partial charge in [0.15, 0.2) is 0 Å². The van der Waals surface area contributed by atoms with Crippen molar-refractivity contribution in [2.75, 3.05) is 6.54 Å². The fraction of sp³-hybridized carbons (Fsp3) is 1.00. The van der Waals surface area contributed by atoms with Gasteiger partial charge in [0.1, 0.15) is 0 Å². The van der Waals surface area contributed by atoms with Crippen LogP contribution in [0, 0.1) is 5.92 Å². The van der Waals surface area contributed by atoms with Crippen molar-refractivity contribution in [3.63, 3.8) is 0 Å². The molecule has 0 radical (unpaired) electrons. The molecule has 0 bridgehead atoms. The molecule has 2 heteroatoms. The zero-order valence-electron chi connectivity index (χ0n) is 10.9. The summed E-state index contributed by atoms with van der Waals surface area (Å²) >= 11 is 0. The second-order valence-corrected chi connectivity index (χ2v) is 5.57. The fourth-order valence-electron chi connectivity index (χ4n) is 2.84. The van der Waals surface area contributed by atoms with Crippen LogP contribution in [0.5, 0.6) is 0 Å². The Kier molecular flexibility index (Phi) is 5.07. The highest BCUT2D eigenvalue weighted by Crippen LogP contribution is 2.26. The van der Waals surface area contributed by atoms with Gasteiger partial charge in [-0.3, -0.25) is 4.90 Å². The zero-order valence-corrected chi connectivity index (χ0v) is 10.9. The van der Waals surface area contributed by atoms with Gasteiger partial charge in [0.2, 0.25) is 0 Å². The van der Waals surface area contributed by atoms with Gasteiger partial charge in [-0.1, -0.05) is 20.8 Å². The average Bonchev–Trinajstić information content (AvgIpc) is 2.46. The van der Waals surface area contributed by atoms with Gasteiger partial charge in [0.25, 0.3) is 0 Å². The van der Waals surface area contributed by atoms with Gasteiger partial charge in [-0.05, 0) is 38.5 Å². The van der Waals surface area contributed by atoms with Crippen molar-refractivity contribution >= 4 is 0 Å². The summed E-state index contributed by atoms with van der Waals surface area (Å²) < 4.78 is 0. The topological polar surface area (TPSA) is 29.3 Å². The van der Waals surface area contributed by atoms with E-state index in [1.54, 1.807) is 0 Å². The SMILES string of the molecule is CCC1CCC(C)N1CC(N)CC(C)C. The first-order chi connectivity index (χ1) is 7.04. The van der Waals surface area contributed by atoms with Crippen molar-refractivity contribution < 1.29 is 0 Å². The lowest BCUT2D eigenvalue weighted by atomic mass is 10.0. The molecule has 0 aromatic rings. The third-order valence-electron chi connectivity index (χ3n) is 3.64. The van der Waals surface area contributed by atoms with Crippen LogP contribution in [-0.4, -0.2) is 29.6 Å². The monoisotopic (exact) mass is 212 g/mol. The number of hydrogen-bond acceptors (Lipinski definition) is 2. The van der Waals surface area contributed by atoms with Crippen molar-refractivity contribution in [1.29, 1.82) is 0 Å². The molecule has 90 valence electrons. The van der Waals surface area contributed by atoms with E-state index in [1.807, 2.05) is 0 Å². The Bertz CT molecular complexity index is 179. The molecule has 2 nitrogen and oxygen atoms in total. The Morgan fingerprint density at radius 3 is 2.53 bits per heavy atom. The van der Waals surface area contributed by atoms with E-state index in [1.165, 1.54) is 19.3 Å². The molecular formula is C13H28N2. The molecule has 3 unspecified atom stereocenters. The molecular weight excluding hydrogens is 184 g/mol. The van der Waals surface area contributed by atoms with Crippen molar-refractivity contribution in [2.24, 2.45) is 11.7 Å². The molecule has 0 spiro atoms. The largest absolute Gasteiger partial charge is 0.327 e. The second kappa shape index (κ2) is 5.86. The maximum absolute atomic E-state index is 6.19. The van der Waals surface area contributed by atoms with Gasteiger partial charge in [0, 0.05) is 24.7 Å². The maximum Gasteiger partial charge on any atom is 0.0170 e. The van der Waals surface area contributed by atoms with E-state index < -0.39 is 0 Å². The van der Waals surface area contributed by atoms with E-state index >= 15 is 0 Å². The maximum atomic E-state index is 6.19. The van der Waals surface area contributed by atoms with Crippen LogP contribution in [0.2, 0.25) is 0 Å². The smallest absolute Gasteiger partial charge is 0.0170 e. The summed E-state index contributed by atoms with van der Waals surface area (Å²) in [6.07, 6.45) is 5.15. The first kappa shape index (κ1) is 13.0. The number of nitrogens with zero attached hydrogens (tertiary/aromatic N) is 1. The zero-order chi connectivity index (χ0) is 11.4. The van der Waals surface area contributed by atoms with Gasteiger partial charge in [0.05, 0.1) is 0 Å². The normalized spacial score (nSPS) is 30.0. The molecule has 1 rings (SSSR count). The number of likely N-dealkylation sites (tertiary alicyclic amines) is 1. The minimum atomic E-state index is 0.361. The van der Waals surface area contributed by atoms with E-state index in [-0.39, 0.29) is 0 Å². The van der Waals surface area contributed by atoms with Gasteiger partial charge in [-0.2, -0.15) is 0 Å². The molecule has 0 aliphatic carbocycles. The van der Waals surface area contributed by atoms with Gasteiger partial charge in [-0.15, -0.1) is 0 Å². The van der Waals surface area contributed by atoms with Crippen LogP contribution in [0.25, 0.3) is 0 Å². The summed E-state index contributed by atoms with van der Waals surface area (Å²) in [4.78, 5) is 2.63. The van der Waals surface area contributed by atoms with E-state index in [2.05, 4.69) is 32.6 Å². The van der Waals surface area contributed by atoms with E-state index in [0.29, 0.717) is 6.04 Å². The molecule has 0 amide bonds. The minimum Gasteiger partial charge on any atom is -0.327 e. The Hall–Kier alpha value is -0.0800. The second-order valence-electron chi connectivity index (χ2n) is 5.57. The van der Waals surface area contributed by atoms with Crippen LogP contribution in [0.15, 0.2) is 0 Å².